The van der Waals surface area contributed by atoms with Crippen molar-refractivity contribution in [3.63, 3.8) is 0 Å². The number of ether oxygens (including phenoxy) is 2. The number of aromatic carboxylic acids is 1. The number of carboxylic acid groups (broad SMARTS) is 1. The molecule has 0 saturated heterocycles. The van der Waals surface area contributed by atoms with Gasteiger partial charge in [-0.15, -0.1) is 18.2 Å². The largest absolute Gasteiger partial charge is 0.573 e. The molecule has 2 rings (SSSR count). The van der Waals surface area contributed by atoms with Gasteiger partial charge in [0.25, 0.3) is 0 Å². The first kappa shape index (κ1) is 22.1. The Hall–Kier alpha value is -3.24. The zero-order valence-electron chi connectivity index (χ0n) is 16.1. The maximum atomic E-state index is 12.5. The third-order valence-electron chi connectivity index (χ3n) is 3.43. The lowest BCUT2D eigenvalue weighted by molar-refractivity contribution is -0.274. The van der Waals surface area contributed by atoms with Gasteiger partial charge >= 0.3 is 18.4 Å². The van der Waals surface area contributed by atoms with E-state index in [2.05, 4.69) is 9.73 Å². The lowest BCUT2D eigenvalue weighted by Crippen LogP contribution is -2.29. The second kappa shape index (κ2) is 8.02. The van der Waals surface area contributed by atoms with Crippen LogP contribution in [-0.4, -0.2) is 38.3 Å². The molecule has 0 saturated carbocycles. The summed E-state index contributed by atoms with van der Waals surface area (Å²) in [6.07, 6.45) is -2.68. The Balaban J connectivity index is 2.42. The molecule has 0 spiro atoms. The van der Waals surface area contributed by atoms with Crippen LogP contribution < -0.4 is 10.4 Å². The predicted molar refractivity (Wildman–Crippen MR) is 94.4 cm³/mol. The van der Waals surface area contributed by atoms with Gasteiger partial charge in [0.2, 0.25) is 5.62 Å². The molecule has 0 unspecified atom stereocenters. The Kier molecular flexibility index (Phi) is 6.10. The molecule has 1 N–H and O–H groups in total. The molecule has 1 aromatic heterocycles. The normalized spacial score (nSPS) is 12.7. The maximum absolute atomic E-state index is 12.5. The molecular weight excluding hydrogens is 395 g/mol. The molecule has 2 aromatic rings. The van der Waals surface area contributed by atoms with E-state index in [0.29, 0.717) is 0 Å². The number of hydrogen-bond donors (Lipinski definition) is 1. The van der Waals surface area contributed by atoms with E-state index < -0.39 is 29.8 Å². The zero-order chi connectivity index (χ0) is 22.0. The Labute approximate surface area is 163 Å². The van der Waals surface area contributed by atoms with Gasteiger partial charge in [0.15, 0.2) is 0 Å². The van der Waals surface area contributed by atoms with Crippen molar-refractivity contribution in [2.24, 2.45) is 12.0 Å². The minimum atomic E-state index is -4.97. The van der Waals surface area contributed by atoms with Gasteiger partial charge in [-0.05, 0) is 44.5 Å². The van der Waals surface area contributed by atoms with Crippen molar-refractivity contribution in [1.29, 1.82) is 0 Å². The third-order valence-corrected chi connectivity index (χ3v) is 3.43. The van der Waals surface area contributed by atoms with Crippen molar-refractivity contribution in [3.05, 3.63) is 47.3 Å². The van der Waals surface area contributed by atoms with Crippen LogP contribution in [0.25, 0.3) is 0 Å². The van der Waals surface area contributed by atoms with Crippen LogP contribution >= 0.6 is 0 Å². The fourth-order valence-electron chi connectivity index (χ4n) is 2.41. The third kappa shape index (κ3) is 6.70. The molecular formula is C18H20F3N3O5. The average molecular weight is 415 g/mol. The highest BCUT2D eigenvalue weighted by Crippen LogP contribution is 2.25. The summed E-state index contributed by atoms with van der Waals surface area (Å²) in [5.74, 6) is -2.06. The number of halogens is 3. The standard InChI is InChI=1S/C18H20F3N3O5/c1-17(2,3)29-16(27)22-15-23(4)5-6-24(15)10-11-7-12(14(25)26)9-13(8-11)28-18(19,20)21/h5-9H,10H2,1-4H3,(H,25,26). The van der Waals surface area contributed by atoms with Crippen LogP contribution in [0.15, 0.2) is 35.6 Å². The molecule has 1 aromatic carbocycles. The summed E-state index contributed by atoms with van der Waals surface area (Å²) >= 11 is 0. The van der Waals surface area contributed by atoms with Crippen molar-refractivity contribution in [1.82, 2.24) is 9.13 Å². The fourth-order valence-corrected chi connectivity index (χ4v) is 2.41. The van der Waals surface area contributed by atoms with Crippen LogP contribution in [0.2, 0.25) is 0 Å². The van der Waals surface area contributed by atoms with Crippen molar-refractivity contribution >= 4 is 12.1 Å². The average Bonchev–Trinajstić information content (AvgIpc) is 2.84. The molecule has 0 aliphatic rings. The molecule has 0 atom stereocenters. The highest BCUT2D eigenvalue weighted by molar-refractivity contribution is 5.88. The number of nitrogens with zero attached hydrogens (tertiary/aromatic N) is 3. The number of carbonyl (C=O) groups is 2. The number of alkyl halides is 3. The second-order valence-electron chi connectivity index (χ2n) is 7.15. The van der Waals surface area contributed by atoms with Crippen LogP contribution in [0.3, 0.4) is 0 Å². The van der Waals surface area contributed by atoms with Crippen molar-refractivity contribution in [2.45, 2.75) is 39.3 Å². The van der Waals surface area contributed by atoms with Gasteiger partial charge in [-0.25, -0.2) is 9.59 Å². The van der Waals surface area contributed by atoms with E-state index in [-0.39, 0.29) is 23.3 Å². The number of benzene rings is 1. The molecule has 0 aliphatic carbocycles. The Morgan fingerprint density at radius 2 is 1.79 bits per heavy atom. The van der Waals surface area contributed by atoms with Gasteiger partial charge in [0.1, 0.15) is 11.4 Å². The van der Waals surface area contributed by atoms with E-state index in [1.54, 1.807) is 40.2 Å². The van der Waals surface area contributed by atoms with Crippen molar-refractivity contribution < 1.29 is 37.3 Å². The first-order valence-electron chi connectivity index (χ1n) is 8.36. The monoisotopic (exact) mass is 415 g/mol. The number of imidazole rings is 1. The van der Waals surface area contributed by atoms with E-state index in [1.165, 1.54) is 15.2 Å². The Morgan fingerprint density at radius 1 is 1.14 bits per heavy atom. The lowest BCUT2D eigenvalue weighted by atomic mass is 10.1. The first-order valence-corrected chi connectivity index (χ1v) is 8.36. The molecule has 1 amide bonds. The minimum Gasteiger partial charge on any atom is -0.478 e. The number of amides is 1. The quantitative estimate of drug-likeness (QED) is 0.827. The Morgan fingerprint density at radius 3 is 2.34 bits per heavy atom. The number of carbonyl (C=O) groups excluding carboxylic acids is 1. The SMILES string of the molecule is Cn1ccn(Cc2cc(OC(F)(F)F)cc(C(=O)O)c2)c1=NC(=O)OC(C)(C)C. The topological polar surface area (TPSA) is 95.0 Å². The van der Waals surface area contributed by atoms with Gasteiger partial charge in [-0.2, -0.15) is 0 Å². The summed E-state index contributed by atoms with van der Waals surface area (Å²) in [5.41, 5.74) is -0.751. The molecule has 11 heteroatoms. The molecule has 0 aliphatic heterocycles. The maximum Gasteiger partial charge on any atom is 0.573 e. The number of hydrogen-bond acceptors (Lipinski definition) is 4. The summed E-state index contributed by atoms with van der Waals surface area (Å²) < 4.78 is 49.6. The molecule has 158 valence electrons. The number of aryl methyl sites for hydroxylation is 1. The first-order chi connectivity index (χ1) is 13.2. The van der Waals surface area contributed by atoms with E-state index in [0.717, 1.165) is 12.1 Å². The predicted octanol–water partition coefficient (Wildman–Crippen LogP) is 3.31. The highest BCUT2D eigenvalue weighted by atomic mass is 19.4. The second-order valence-corrected chi connectivity index (χ2v) is 7.15. The summed E-state index contributed by atoms with van der Waals surface area (Å²) in [6, 6.07) is 3.06. The van der Waals surface area contributed by atoms with Crippen LogP contribution in [-0.2, 0) is 18.3 Å². The van der Waals surface area contributed by atoms with Crippen LogP contribution in [0.5, 0.6) is 5.75 Å². The summed E-state index contributed by atoms with van der Waals surface area (Å²) in [4.78, 5) is 27.1. The molecule has 8 nitrogen and oxygen atoms in total. The fraction of sp³-hybridized carbons (Fsp3) is 0.389. The molecule has 0 radical (unpaired) electrons. The number of rotatable bonds is 4. The van der Waals surface area contributed by atoms with E-state index in [4.69, 9.17) is 9.84 Å². The van der Waals surface area contributed by atoms with Crippen LogP contribution in [0, 0.1) is 0 Å². The summed E-state index contributed by atoms with van der Waals surface area (Å²) in [7, 11) is 1.62. The van der Waals surface area contributed by atoms with Crippen LogP contribution in [0.1, 0.15) is 36.7 Å². The molecule has 1 heterocycles. The van der Waals surface area contributed by atoms with Gasteiger partial charge in [-0.3, -0.25) is 0 Å². The molecule has 0 bridgehead atoms. The van der Waals surface area contributed by atoms with E-state index >= 15 is 0 Å². The summed E-state index contributed by atoms with van der Waals surface area (Å²) in [5, 5.41) is 9.16. The number of carboxylic acids is 1. The van der Waals surface area contributed by atoms with Crippen molar-refractivity contribution in [2.75, 3.05) is 0 Å². The minimum absolute atomic E-state index is 0.0577. The molecule has 0 fully saturated rings. The number of aromatic nitrogens is 2. The highest BCUT2D eigenvalue weighted by Gasteiger charge is 2.31. The van der Waals surface area contributed by atoms with Gasteiger partial charge in [0.05, 0.1) is 12.1 Å². The van der Waals surface area contributed by atoms with Gasteiger partial charge in [-0.1, -0.05) is 0 Å². The van der Waals surface area contributed by atoms with Crippen LogP contribution in [0.4, 0.5) is 18.0 Å². The van der Waals surface area contributed by atoms with Crippen molar-refractivity contribution in [3.8, 4) is 5.75 Å². The van der Waals surface area contributed by atoms with E-state index in [9.17, 15) is 22.8 Å². The smallest absolute Gasteiger partial charge is 0.478 e. The Bertz CT molecular complexity index is 984. The zero-order valence-corrected chi connectivity index (χ0v) is 16.1. The van der Waals surface area contributed by atoms with Gasteiger partial charge < -0.3 is 23.7 Å². The molecule has 29 heavy (non-hydrogen) atoms. The summed E-state index contributed by atoms with van der Waals surface area (Å²) in [6.45, 7) is 4.98. The lowest BCUT2D eigenvalue weighted by Gasteiger charge is -2.17. The van der Waals surface area contributed by atoms with E-state index in [1.807, 2.05) is 0 Å². The van der Waals surface area contributed by atoms with Gasteiger partial charge in [0, 0.05) is 19.4 Å².